The number of fused-ring (bicyclic) bond motifs is 1. The first-order valence-corrected chi connectivity index (χ1v) is 8.11. The molecule has 4 nitrogen and oxygen atoms in total. The highest BCUT2D eigenvalue weighted by atomic mass is 32.2. The van der Waals surface area contributed by atoms with Crippen molar-refractivity contribution in [3.8, 4) is 0 Å². The molecular formula is C14H14FNO3S. The molecule has 0 aromatic heterocycles. The van der Waals surface area contributed by atoms with Crippen LogP contribution in [-0.4, -0.2) is 36.2 Å². The fourth-order valence-corrected chi connectivity index (χ4v) is 5.66. The highest BCUT2D eigenvalue weighted by Gasteiger charge is 2.63. The summed E-state index contributed by atoms with van der Waals surface area (Å²) in [5, 5.41) is -0.487. The first kappa shape index (κ1) is 12.5. The van der Waals surface area contributed by atoms with Gasteiger partial charge in [0.15, 0.2) is 0 Å². The van der Waals surface area contributed by atoms with Crippen molar-refractivity contribution in [1.29, 1.82) is 0 Å². The normalized spacial score (nSPS) is 37.5. The monoisotopic (exact) mass is 295 g/mol. The fourth-order valence-electron chi connectivity index (χ4n) is 3.45. The Hall–Kier alpha value is -1.24. The Morgan fingerprint density at radius 1 is 1.45 bits per heavy atom. The van der Waals surface area contributed by atoms with Crippen LogP contribution in [0.4, 0.5) is 4.39 Å². The van der Waals surface area contributed by atoms with Gasteiger partial charge in [0.05, 0.1) is 6.10 Å². The number of ether oxygens (including phenoxy) is 1. The third-order valence-electron chi connectivity index (χ3n) is 4.35. The zero-order valence-electron chi connectivity index (χ0n) is 10.7. The quantitative estimate of drug-likeness (QED) is 0.776. The van der Waals surface area contributed by atoms with Crippen LogP contribution < -0.4 is 0 Å². The molecule has 3 heterocycles. The lowest BCUT2D eigenvalue weighted by atomic mass is 9.94. The Morgan fingerprint density at radius 3 is 3.00 bits per heavy atom. The molecule has 1 aromatic rings. The van der Waals surface area contributed by atoms with E-state index >= 15 is 0 Å². The number of halogens is 1. The Bertz CT molecular complexity index is 702. The van der Waals surface area contributed by atoms with E-state index in [0.717, 1.165) is 0 Å². The lowest BCUT2D eigenvalue weighted by Crippen LogP contribution is -2.36. The maximum Gasteiger partial charge on any atom is 0.220 e. The zero-order valence-corrected chi connectivity index (χ0v) is 11.5. The average molecular weight is 295 g/mol. The molecule has 0 aliphatic carbocycles. The van der Waals surface area contributed by atoms with E-state index < -0.39 is 20.9 Å². The molecule has 6 heteroatoms. The van der Waals surface area contributed by atoms with Crippen LogP contribution in [0.15, 0.2) is 36.4 Å². The van der Waals surface area contributed by atoms with Gasteiger partial charge in [0.25, 0.3) is 0 Å². The van der Waals surface area contributed by atoms with Crippen LogP contribution in [0.25, 0.3) is 0 Å². The minimum Gasteiger partial charge on any atom is -0.361 e. The summed E-state index contributed by atoms with van der Waals surface area (Å²) in [4.78, 5) is 0. The van der Waals surface area contributed by atoms with E-state index in [-0.39, 0.29) is 18.5 Å². The summed E-state index contributed by atoms with van der Waals surface area (Å²) in [6.07, 6.45) is 4.29. The lowest BCUT2D eigenvalue weighted by Gasteiger charge is -2.19. The smallest absolute Gasteiger partial charge is 0.220 e. The van der Waals surface area contributed by atoms with Gasteiger partial charge < -0.3 is 4.74 Å². The summed E-state index contributed by atoms with van der Waals surface area (Å²) in [7, 11) is -3.38. The van der Waals surface area contributed by atoms with E-state index in [1.165, 1.54) is 16.4 Å². The number of rotatable bonds is 2. The Kier molecular flexibility index (Phi) is 2.44. The minimum absolute atomic E-state index is 0.0638. The predicted octanol–water partition coefficient (Wildman–Crippen LogP) is 1.44. The van der Waals surface area contributed by atoms with Crippen molar-refractivity contribution in [1.82, 2.24) is 4.31 Å². The van der Waals surface area contributed by atoms with Crippen molar-refractivity contribution in [3.63, 3.8) is 0 Å². The van der Waals surface area contributed by atoms with E-state index in [4.69, 9.17) is 4.74 Å². The van der Waals surface area contributed by atoms with Gasteiger partial charge in [0.1, 0.15) is 16.7 Å². The van der Waals surface area contributed by atoms with Gasteiger partial charge in [-0.2, -0.15) is 4.31 Å². The van der Waals surface area contributed by atoms with Crippen molar-refractivity contribution < 1.29 is 17.5 Å². The van der Waals surface area contributed by atoms with Gasteiger partial charge in [-0.15, -0.1) is 0 Å². The average Bonchev–Trinajstić information content (AvgIpc) is 3.00. The van der Waals surface area contributed by atoms with Crippen LogP contribution in [0.5, 0.6) is 0 Å². The molecule has 2 saturated heterocycles. The highest BCUT2D eigenvalue weighted by molar-refractivity contribution is 7.90. The molecule has 0 radical (unpaired) electrons. The van der Waals surface area contributed by atoms with Crippen molar-refractivity contribution in [2.75, 3.05) is 6.54 Å². The topological polar surface area (TPSA) is 46.6 Å². The summed E-state index contributed by atoms with van der Waals surface area (Å²) in [6, 6.07) is 6.05. The second-order valence-corrected chi connectivity index (χ2v) is 7.75. The molecule has 106 valence electrons. The molecule has 1 aromatic carbocycles. The van der Waals surface area contributed by atoms with Gasteiger partial charge in [0, 0.05) is 13.1 Å². The second-order valence-electron chi connectivity index (χ2n) is 5.64. The maximum atomic E-state index is 13.2. The van der Waals surface area contributed by atoms with Gasteiger partial charge in [-0.05, 0) is 24.1 Å². The van der Waals surface area contributed by atoms with Crippen LogP contribution in [0.1, 0.15) is 12.0 Å². The lowest BCUT2D eigenvalue weighted by molar-refractivity contribution is 0.0298. The molecule has 3 aliphatic rings. The Morgan fingerprint density at radius 2 is 2.30 bits per heavy atom. The van der Waals surface area contributed by atoms with Crippen LogP contribution in [-0.2, 0) is 21.3 Å². The number of nitrogens with zero attached hydrogens (tertiary/aromatic N) is 1. The Balaban J connectivity index is 1.66. The van der Waals surface area contributed by atoms with Gasteiger partial charge in [-0.3, -0.25) is 0 Å². The highest BCUT2D eigenvalue weighted by Crippen LogP contribution is 2.48. The van der Waals surface area contributed by atoms with Gasteiger partial charge in [-0.25, -0.2) is 12.8 Å². The van der Waals surface area contributed by atoms with Gasteiger partial charge >= 0.3 is 0 Å². The number of hydrogen-bond acceptors (Lipinski definition) is 3. The molecule has 2 fully saturated rings. The summed E-state index contributed by atoms with van der Waals surface area (Å²) < 4.78 is 45.6. The van der Waals surface area contributed by atoms with Crippen molar-refractivity contribution in [2.45, 2.75) is 29.9 Å². The van der Waals surface area contributed by atoms with Crippen LogP contribution >= 0.6 is 0 Å². The summed E-state index contributed by atoms with van der Waals surface area (Å²) in [5.41, 5.74) is -0.0277. The van der Waals surface area contributed by atoms with Crippen molar-refractivity contribution in [3.05, 3.63) is 47.8 Å². The maximum absolute atomic E-state index is 13.2. The number of sulfonamides is 1. The van der Waals surface area contributed by atoms with Crippen LogP contribution in [0, 0.1) is 5.82 Å². The molecule has 0 saturated carbocycles. The summed E-state index contributed by atoms with van der Waals surface area (Å²) in [5.74, 6) is -0.352. The predicted molar refractivity (Wildman–Crippen MR) is 70.9 cm³/mol. The van der Waals surface area contributed by atoms with Gasteiger partial charge in [-0.1, -0.05) is 24.3 Å². The van der Waals surface area contributed by atoms with Crippen LogP contribution in [0.3, 0.4) is 0 Å². The number of hydrogen-bond donors (Lipinski definition) is 0. The molecule has 4 rings (SSSR count). The van der Waals surface area contributed by atoms with Gasteiger partial charge in [0.2, 0.25) is 10.0 Å². The van der Waals surface area contributed by atoms with Crippen molar-refractivity contribution in [2.24, 2.45) is 0 Å². The molecule has 1 spiro atoms. The Labute approximate surface area is 116 Å². The second kappa shape index (κ2) is 3.90. The first-order valence-electron chi connectivity index (χ1n) is 6.60. The largest absolute Gasteiger partial charge is 0.361 e. The van der Waals surface area contributed by atoms with Crippen LogP contribution in [0.2, 0.25) is 0 Å². The zero-order chi connectivity index (χ0) is 14.0. The molecule has 2 unspecified atom stereocenters. The molecular weight excluding hydrogens is 281 g/mol. The van der Waals surface area contributed by atoms with E-state index in [9.17, 15) is 12.8 Å². The minimum atomic E-state index is -3.38. The third kappa shape index (κ3) is 1.62. The molecule has 3 aliphatic heterocycles. The molecule has 2 bridgehead atoms. The molecule has 0 N–H and O–H groups in total. The number of benzene rings is 1. The van der Waals surface area contributed by atoms with E-state index in [1.807, 2.05) is 12.2 Å². The van der Waals surface area contributed by atoms with E-state index in [2.05, 4.69) is 0 Å². The fraction of sp³-hybridized carbons (Fsp3) is 0.429. The van der Waals surface area contributed by atoms with E-state index in [0.29, 0.717) is 18.5 Å². The summed E-state index contributed by atoms with van der Waals surface area (Å²) in [6.45, 7) is 0.518. The standard InChI is InChI=1S/C14H14FNO3S/c15-11-3-1-2-10(6-11)8-16-9-14-5-4-12(19-14)7-13(14)20(16,17)18/h1-6,12-13H,7-9H2/t12?,13?,14-/m0/s1. The SMILES string of the molecule is O=S1(=O)C2CC3C=C[C@@]2(CN1Cc1cccc(F)c1)O3. The molecule has 3 atom stereocenters. The summed E-state index contributed by atoms with van der Waals surface area (Å²) >= 11 is 0. The molecule has 20 heavy (non-hydrogen) atoms. The van der Waals surface area contributed by atoms with Crippen molar-refractivity contribution >= 4 is 10.0 Å². The molecule has 0 amide bonds. The van der Waals surface area contributed by atoms with E-state index in [1.54, 1.807) is 12.1 Å². The first-order chi connectivity index (χ1) is 9.49. The third-order valence-corrected chi connectivity index (χ3v) is 6.63.